The Kier molecular flexibility index (Phi) is 66.7. The second-order valence-corrected chi connectivity index (χ2v) is 23.0. The predicted octanol–water partition coefficient (Wildman–Crippen LogP) is 24.3. The average molecular weight is 1150 g/mol. The van der Waals surface area contributed by atoms with E-state index in [1.807, 2.05) is 0 Å². The Labute approximate surface area is 513 Å². The van der Waals surface area contributed by atoms with Gasteiger partial charge in [0, 0.05) is 19.3 Å². The molecule has 83 heavy (non-hydrogen) atoms. The SMILES string of the molecule is CC/C=C\C/C=C\C/C=C\C/C=C\C/C=C\CCCCCCCCCC(=O)OCC(COC(=O)CCCCCCCCCCC/C=C\CCCCCCCCCC)OC(=O)CCCCCCCCCC/C=C\C/C=C\C/C=C\C/C=C\CC. The van der Waals surface area contributed by atoms with Crippen LogP contribution < -0.4 is 0 Å². The first-order valence-electron chi connectivity index (χ1n) is 35.0. The maximum Gasteiger partial charge on any atom is 0.306 e. The molecular formula is C77H130O6. The molecule has 0 aliphatic carbocycles. The van der Waals surface area contributed by atoms with Crippen molar-refractivity contribution in [3.8, 4) is 0 Å². The molecule has 1 unspecified atom stereocenters. The number of hydrogen-bond donors (Lipinski definition) is 0. The molecule has 0 heterocycles. The number of hydrogen-bond acceptors (Lipinski definition) is 6. The fraction of sp³-hybridized carbons (Fsp3) is 0.701. The number of carbonyl (C=O) groups is 3. The maximum atomic E-state index is 13.0. The van der Waals surface area contributed by atoms with Gasteiger partial charge in [0.25, 0.3) is 0 Å². The summed E-state index contributed by atoms with van der Waals surface area (Å²) in [6.07, 6.45) is 97.8. The minimum absolute atomic E-state index is 0.0870. The van der Waals surface area contributed by atoms with Gasteiger partial charge in [-0.1, -0.05) is 303 Å². The van der Waals surface area contributed by atoms with Gasteiger partial charge >= 0.3 is 17.9 Å². The smallest absolute Gasteiger partial charge is 0.306 e. The Morgan fingerprint density at radius 3 is 0.747 bits per heavy atom. The van der Waals surface area contributed by atoms with E-state index in [9.17, 15) is 14.4 Å². The van der Waals surface area contributed by atoms with Gasteiger partial charge in [-0.2, -0.15) is 0 Å². The summed E-state index contributed by atoms with van der Waals surface area (Å²) >= 11 is 0. The summed E-state index contributed by atoms with van der Waals surface area (Å²) in [5, 5.41) is 0. The van der Waals surface area contributed by atoms with Crippen LogP contribution in [0.4, 0.5) is 0 Å². The van der Waals surface area contributed by atoms with Crippen molar-refractivity contribution in [2.24, 2.45) is 0 Å². The molecule has 0 bridgehead atoms. The van der Waals surface area contributed by atoms with E-state index in [0.717, 1.165) is 128 Å². The Hall–Kier alpha value is -4.19. The minimum atomic E-state index is -0.794. The molecule has 1 atom stereocenters. The van der Waals surface area contributed by atoms with E-state index in [1.54, 1.807) is 0 Å². The highest BCUT2D eigenvalue weighted by atomic mass is 16.6. The molecule has 0 N–H and O–H groups in total. The normalized spacial score (nSPS) is 12.9. The Bertz CT molecular complexity index is 1700. The molecular weight excluding hydrogens is 1020 g/mol. The van der Waals surface area contributed by atoms with Crippen molar-refractivity contribution in [2.45, 2.75) is 335 Å². The summed E-state index contributed by atoms with van der Waals surface area (Å²) in [6, 6.07) is 0. The predicted molar refractivity (Wildman–Crippen MR) is 362 cm³/mol. The molecule has 0 fully saturated rings. The number of esters is 3. The van der Waals surface area contributed by atoms with Crippen LogP contribution in [0.25, 0.3) is 0 Å². The van der Waals surface area contributed by atoms with Gasteiger partial charge in [-0.15, -0.1) is 0 Å². The molecule has 0 amide bonds. The molecule has 0 aliphatic rings. The molecule has 6 heteroatoms. The van der Waals surface area contributed by atoms with Crippen molar-refractivity contribution in [3.05, 3.63) is 122 Å². The van der Waals surface area contributed by atoms with E-state index in [-0.39, 0.29) is 31.1 Å². The zero-order chi connectivity index (χ0) is 59.9. The molecule has 0 rings (SSSR count). The third-order valence-corrected chi connectivity index (χ3v) is 14.9. The van der Waals surface area contributed by atoms with E-state index in [2.05, 4.69) is 142 Å². The van der Waals surface area contributed by atoms with Crippen LogP contribution in [0.2, 0.25) is 0 Å². The van der Waals surface area contributed by atoms with E-state index in [0.29, 0.717) is 19.3 Å². The molecule has 6 nitrogen and oxygen atoms in total. The number of rotatable bonds is 63. The van der Waals surface area contributed by atoms with Crippen LogP contribution >= 0.6 is 0 Å². The van der Waals surface area contributed by atoms with Crippen LogP contribution in [0.5, 0.6) is 0 Å². The van der Waals surface area contributed by atoms with Crippen LogP contribution in [-0.2, 0) is 28.6 Å². The molecule has 0 saturated heterocycles. The number of ether oxygens (including phenoxy) is 3. The van der Waals surface area contributed by atoms with Gasteiger partial charge in [-0.3, -0.25) is 14.4 Å². The molecule has 0 aromatic carbocycles. The van der Waals surface area contributed by atoms with Crippen molar-refractivity contribution < 1.29 is 28.6 Å². The molecule has 474 valence electrons. The molecule has 0 aromatic rings. The van der Waals surface area contributed by atoms with Crippen LogP contribution in [0.3, 0.4) is 0 Å². The molecule has 0 radical (unpaired) electrons. The molecule has 0 spiro atoms. The van der Waals surface area contributed by atoms with E-state index in [1.165, 1.54) is 161 Å². The summed E-state index contributed by atoms with van der Waals surface area (Å²) in [5.74, 6) is -0.897. The lowest BCUT2D eigenvalue weighted by Gasteiger charge is -2.18. The van der Waals surface area contributed by atoms with Gasteiger partial charge in [0.05, 0.1) is 0 Å². The summed E-state index contributed by atoms with van der Waals surface area (Å²) in [4.78, 5) is 38.5. The Morgan fingerprint density at radius 2 is 0.470 bits per heavy atom. The monoisotopic (exact) mass is 1150 g/mol. The third kappa shape index (κ3) is 68.5. The van der Waals surface area contributed by atoms with Crippen LogP contribution in [-0.4, -0.2) is 37.2 Å². The second-order valence-electron chi connectivity index (χ2n) is 23.0. The Balaban J connectivity index is 4.43. The summed E-state index contributed by atoms with van der Waals surface area (Å²) in [7, 11) is 0. The quantitative estimate of drug-likeness (QED) is 0.0261. The Morgan fingerprint density at radius 1 is 0.253 bits per heavy atom. The lowest BCUT2D eigenvalue weighted by Crippen LogP contribution is -2.30. The van der Waals surface area contributed by atoms with E-state index < -0.39 is 6.10 Å². The standard InChI is InChI=1S/C77H130O6/c1-4-7-10-13-16-19-22-25-28-31-34-37-38-41-43-46-49-52-55-58-61-64-67-70-76(79)82-73-74(83-77(80)71-68-65-62-59-56-53-50-47-44-40-36-33-30-27-24-21-18-15-12-9-6-3)72-81-75(78)69-66-63-60-57-54-51-48-45-42-39-35-32-29-26-23-20-17-14-11-8-5-2/h7,9-10,12,16,18-19,21,25,27-28,30,32,34-37,40-41,43,74H,4-6,8,11,13-15,17,20,22-24,26,29,31,33,38-39,42,44-73H2,1-3H3/b10-7-,12-9-,19-16-,21-18-,28-25-,30-27-,35-32-,37-34-,40-36-,43-41-. The van der Waals surface area contributed by atoms with Gasteiger partial charge in [0.15, 0.2) is 6.10 Å². The van der Waals surface area contributed by atoms with E-state index in [4.69, 9.17) is 14.2 Å². The van der Waals surface area contributed by atoms with Crippen molar-refractivity contribution in [1.29, 1.82) is 0 Å². The lowest BCUT2D eigenvalue weighted by atomic mass is 10.1. The first-order chi connectivity index (χ1) is 41.0. The molecule has 0 aliphatic heterocycles. The highest BCUT2D eigenvalue weighted by Crippen LogP contribution is 2.16. The third-order valence-electron chi connectivity index (χ3n) is 14.9. The summed E-state index contributed by atoms with van der Waals surface area (Å²) < 4.78 is 17.0. The fourth-order valence-electron chi connectivity index (χ4n) is 9.75. The largest absolute Gasteiger partial charge is 0.462 e. The first-order valence-corrected chi connectivity index (χ1v) is 35.0. The van der Waals surface area contributed by atoms with E-state index >= 15 is 0 Å². The molecule has 0 saturated carbocycles. The maximum absolute atomic E-state index is 13.0. The summed E-state index contributed by atoms with van der Waals surface area (Å²) in [5.41, 5.74) is 0. The highest BCUT2D eigenvalue weighted by molar-refractivity contribution is 5.71. The average Bonchev–Trinajstić information content (AvgIpc) is 3.49. The van der Waals surface area contributed by atoms with Gasteiger partial charge in [0.1, 0.15) is 13.2 Å². The lowest BCUT2D eigenvalue weighted by molar-refractivity contribution is -0.167. The number of unbranched alkanes of at least 4 members (excludes halogenated alkanes) is 32. The van der Waals surface area contributed by atoms with Crippen LogP contribution in [0.15, 0.2) is 122 Å². The van der Waals surface area contributed by atoms with Gasteiger partial charge < -0.3 is 14.2 Å². The van der Waals surface area contributed by atoms with Crippen LogP contribution in [0, 0.1) is 0 Å². The second kappa shape index (κ2) is 70.3. The minimum Gasteiger partial charge on any atom is -0.462 e. The van der Waals surface area contributed by atoms with Crippen molar-refractivity contribution in [1.82, 2.24) is 0 Å². The summed E-state index contributed by atoms with van der Waals surface area (Å²) in [6.45, 7) is 6.43. The van der Waals surface area contributed by atoms with Gasteiger partial charge in [-0.05, 0) is 128 Å². The topological polar surface area (TPSA) is 78.9 Å². The van der Waals surface area contributed by atoms with Gasteiger partial charge in [0.2, 0.25) is 0 Å². The first kappa shape index (κ1) is 78.8. The zero-order valence-corrected chi connectivity index (χ0v) is 54.4. The molecule has 0 aromatic heterocycles. The van der Waals surface area contributed by atoms with Crippen molar-refractivity contribution >= 4 is 17.9 Å². The van der Waals surface area contributed by atoms with Crippen molar-refractivity contribution in [3.63, 3.8) is 0 Å². The zero-order valence-electron chi connectivity index (χ0n) is 54.4. The van der Waals surface area contributed by atoms with Gasteiger partial charge in [-0.25, -0.2) is 0 Å². The number of carbonyl (C=O) groups excluding carboxylic acids is 3. The number of allylic oxidation sites excluding steroid dienone is 20. The highest BCUT2D eigenvalue weighted by Gasteiger charge is 2.19. The van der Waals surface area contributed by atoms with Crippen molar-refractivity contribution in [2.75, 3.05) is 13.2 Å². The van der Waals surface area contributed by atoms with Crippen LogP contribution in [0.1, 0.15) is 329 Å². The fourth-order valence-corrected chi connectivity index (χ4v) is 9.75.